The highest BCUT2D eigenvalue weighted by Gasteiger charge is 2.08. The van der Waals surface area contributed by atoms with E-state index in [0.29, 0.717) is 11.3 Å². The SMILES string of the molecule is C#Cc1cccc(NC(=O)c2csc(Br)c2)c1. The molecule has 2 aromatic rings. The van der Waals surface area contributed by atoms with Gasteiger partial charge in [0.2, 0.25) is 0 Å². The Labute approximate surface area is 112 Å². The number of rotatable bonds is 2. The third-order valence-corrected chi connectivity index (χ3v) is 3.62. The first-order chi connectivity index (χ1) is 8.19. The van der Waals surface area contributed by atoms with Gasteiger partial charge in [-0.05, 0) is 40.2 Å². The van der Waals surface area contributed by atoms with Gasteiger partial charge in [0.05, 0.1) is 9.35 Å². The van der Waals surface area contributed by atoms with Crippen LogP contribution in [0.2, 0.25) is 0 Å². The molecule has 0 saturated heterocycles. The molecule has 0 atom stereocenters. The Morgan fingerprint density at radius 1 is 1.41 bits per heavy atom. The molecule has 0 spiro atoms. The van der Waals surface area contributed by atoms with Crippen molar-refractivity contribution >= 4 is 38.9 Å². The second-order valence-corrected chi connectivity index (χ2v) is 5.61. The van der Waals surface area contributed by atoms with Gasteiger partial charge in [0, 0.05) is 16.6 Å². The predicted octanol–water partition coefficient (Wildman–Crippen LogP) is 3.74. The van der Waals surface area contributed by atoms with Crippen molar-refractivity contribution in [1.29, 1.82) is 0 Å². The van der Waals surface area contributed by atoms with Crippen molar-refractivity contribution in [3.63, 3.8) is 0 Å². The van der Waals surface area contributed by atoms with Crippen molar-refractivity contribution in [2.24, 2.45) is 0 Å². The van der Waals surface area contributed by atoms with Gasteiger partial charge in [-0.1, -0.05) is 12.0 Å². The van der Waals surface area contributed by atoms with Crippen LogP contribution in [-0.2, 0) is 0 Å². The summed E-state index contributed by atoms with van der Waals surface area (Å²) < 4.78 is 0.931. The largest absolute Gasteiger partial charge is 0.322 e. The topological polar surface area (TPSA) is 29.1 Å². The Balaban J connectivity index is 2.16. The van der Waals surface area contributed by atoms with Crippen LogP contribution in [0.5, 0.6) is 0 Å². The summed E-state index contributed by atoms with van der Waals surface area (Å²) in [6, 6.07) is 8.98. The standard InChI is InChI=1S/C13H8BrNOS/c1-2-9-4-3-5-11(6-9)15-13(16)10-7-12(14)17-8-10/h1,3-8H,(H,15,16). The van der Waals surface area contributed by atoms with Crippen molar-refractivity contribution < 1.29 is 4.79 Å². The summed E-state index contributed by atoms with van der Waals surface area (Å²) in [5.74, 6) is 2.39. The second kappa shape index (κ2) is 5.17. The van der Waals surface area contributed by atoms with Crippen molar-refractivity contribution in [2.45, 2.75) is 0 Å². The highest BCUT2D eigenvalue weighted by molar-refractivity contribution is 9.11. The zero-order valence-corrected chi connectivity index (χ0v) is 11.1. The van der Waals surface area contributed by atoms with Crippen LogP contribution in [0.15, 0.2) is 39.5 Å². The molecule has 0 bridgehead atoms. The average Bonchev–Trinajstić information content (AvgIpc) is 2.76. The van der Waals surface area contributed by atoms with Crippen LogP contribution in [0.1, 0.15) is 15.9 Å². The van der Waals surface area contributed by atoms with Gasteiger partial charge in [-0.3, -0.25) is 4.79 Å². The van der Waals surface area contributed by atoms with Crippen LogP contribution >= 0.6 is 27.3 Å². The fraction of sp³-hybridized carbons (Fsp3) is 0. The van der Waals surface area contributed by atoms with Crippen LogP contribution < -0.4 is 5.32 Å². The van der Waals surface area contributed by atoms with Gasteiger partial charge >= 0.3 is 0 Å². The normalized spacial score (nSPS) is 9.65. The number of hydrogen-bond acceptors (Lipinski definition) is 2. The average molecular weight is 306 g/mol. The molecule has 0 saturated carbocycles. The first-order valence-electron chi connectivity index (χ1n) is 4.81. The van der Waals surface area contributed by atoms with Crippen molar-refractivity contribution in [3.8, 4) is 12.3 Å². The van der Waals surface area contributed by atoms with Crippen LogP contribution in [0.4, 0.5) is 5.69 Å². The van der Waals surface area contributed by atoms with E-state index >= 15 is 0 Å². The summed E-state index contributed by atoms with van der Waals surface area (Å²) in [5.41, 5.74) is 2.08. The lowest BCUT2D eigenvalue weighted by Gasteiger charge is -2.03. The summed E-state index contributed by atoms with van der Waals surface area (Å²) in [7, 11) is 0. The zero-order valence-electron chi connectivity index (χ0n) is 8.74. The number of carbonyl (C=O) groups is 1. The molecule has 1 amide bonds. The van der Waals surface area contributed by atoms with Crippen molar-refractivity contribution in [1.82, 2.24) is 0 Å². The Morgan fingerprint density at radius 3 is 2.88 bits per heavy atom. The van der Waals surface area contributed by atoms with Gasteiger partial charge < -0.3 is 5.32 Å². The number of terminal acetylenes is 1. The molecule has 0 radical (unpaired) electrons. The number of benzene rings is 1. The third-order valence-electron chi connectivity index (χ3n) is 2.12. The number of halogens is 1. The van der Waals surface area contributed by atoms with E-state index in [9.17, 15) is 4.79 Å². The number of anilines is 1. The van der Waals surface area contributed by atoms with Gasteiger partial charge in [0.1, 0.15) is 0 Å². The van der Waals surface area contributed by atoms with E-state index in [1.807, 2.05) is 12.1 Å². The highest BCUT2D eigenvalue weighted by atomic mass is 79.9. The van der Waals surface area contributed by atoms with E-state index in [0.717, 1.165) is 9.35 Å². The Morgan fingerprint density at radius 2 is 2.24 bits per heavy atom. The minimum atomic E-state index is -0.138. The molecule has 17 heavy (non-hydrogen) atoms. The Kier molecular flexibility index (Phi) is 3.62. The van der Waals surface area contributed by atoms with Gasteiger partial charge in [0.15, 0.2) is 0 Å². The molecule has 1 heterocycles. The minimum absolute atomic E-state index is 0.138. The van der Waals surface area contributed by atoms with Crippen LogP contribution in [0.25, 0.3) is 0 Å². The number of carbonyl (C=O) groups excluding carboxylic acids is 1. The molecule has 0 unspecified atom stereocenters. The molecule has 0 fully saturated rings. The van der Waals surface area contributed by atoms with E-state index in [2.05, 4.69) is 27.2 Å². The molecule has 1 aromatic carbocycles. The Hall–Kier alpha value is -1.57. The Bertz CT molecular complexity index is 597. The van der Waals surface area contributed by atoms with Crippen molar-refractivity contribution in [2.75, 3.05) is 5.32 Å². The number of thiophene rings is 1. The molecule has 1 aromatic heterocycles. The lowest BCUT2D eigenvalue weighted by Crippen LogP contribution is -2.10. The number of hydrogen-bond donors (Lipinski definition) is 1. The summed E-state index contributed by atoms with van der Waals surface area (Å²) >= 11 is 4.80. The van der Waals surface area contributed by atoms with E-state index < -0.39 is 0 Å². The number of amides is 1. The summed E-state index contributed by atoms with van der Waals surface area (Å²) in [5, 5.41) is 4.59. The molecule has 2 rings (SSSR count). The van der Waals surface area contributed by atoms with Crippen LogP contribution in [-0.4, -0.2) is 5.91 Å². The molecule has 0 aliphatic rings. The second-order valence-electron chi connectivity index (χ2n) is 3.32. The monoisotopic (exact) mass is 305 g/mol. The maximum atomic E-state index is 11.9. The van der Waals surface area contributed by atoms with Crippen molar-refractivity contribution in [3.05, 3.63) is 50.6 Å². The van der Waals surface area contributed by atoms with Gasteiger partial charge in [0.25, 0.3) is 5.91 Å². The maximum absolute atomic E-state index is 11.9. The van der Waals surface area contributed by atoms with E-state index in [-0.39, 0.29) is 5.91 Å². The quantitative estimate of drug-likeness (QED) is 0.841. The highest BCUT2D eigenvalue weighted by Crippen LogP contribution is 2.21. The summed E-state index contributed by atoms with van der Waals surface area (Å²) in [6.07, 6.45) is 5.30. The van der Waals surface area contributed by atoms with E-state index in [1.54, 1.807) is 23.6 Å². The molecular formula is C13H8BrNOS. The lowest BCUT2D eigenvalue weighted by molar-refractivity contribution is 0.102. The van der Waals surface area contributed by atoms with Crippen LogP contribution in [0.3, 0.4) is 0 Å². The molecule has 0 aliphatic heterocycles. The van der Waals surface area contributed by atoms with Gasteiger partial charge in [-0.2, -0.15) is 0 Å². The number of nitrogens with one attached hydrogen (secondary N) is 1. The zero-order chi connectivity index (χ0) is 12.3. The summed E-state index contributed by atoms with van der Waals surface area (Å²) in [6.45, 7) is 0. The maximum Gasteiger partial charge on any atom is 0.256 e. The van der Waals surface area contributed by atoms with Crippen LogP contribution in [0, 0.1) is 12.3 Å². The summed E-state index contributed by atoms with van der Waals surface area (Å²) in [4.78, 5) is 11.9. The molecule has 2 nitrogen and oxygen atoms in total. The molecule has 4 heteroatoms. The minimum Gasteiger partial charge on any atom is -0.322 e. The van der Waals surface area contributed by atoms with Gasteiger partial charge in [-0.25, -0.2) is 0 Å². The van der Waals surface area contributed by atoms with E-state index in [1.165, 1.54) is 11.3 Å². The molecule has 84 valence electrons. The lowest BCUT2D eigenvalue weighted by atomic mass is 10.2. The molecule has 0 aliphatic carbocycles. The van der Waals surface area contributed by atoms with E-state index in [4.69, 9.17) is 6.42 Å². The fourth-order valence-corrected chi connectivity index (χ4v) is 2.46. The smallest absolute Gasteiger partial charge is 0.256 e. The predicted molar refractivity (Wildman–Crippen MR) is 74.3 cm³/mol. The molecular weight excluding hydrogens is 298 g/mol. The fourth-order valence-electron chi connectivity index (χ4n) is 1.32. The first kappa shape index (κ1) is 11.9. The molecule has 1 N–H and O–H groups in total. The third kappa shape index (κ3) is 2.96. The van der Waals surface area contributed by atoms with Gasteiger partial charge in [-0.15, -0.1) is 17.8 Å². The first-order valence-corrected chi connectivity index (χ1v) is 6.48.